The first-order valence-electron chi connectivity index (χ1n) is 5.65. The van der Waals surface area contributed by atoms with E-state index in [1.54, 1.807) is 50.7 Å². The molecular weight excluding hydrogens is 337 g/mol. The lowest BCUT2D eigenvalue weighted by Gasteiger charge is -2.35. The smallest absolute Gasteiger partial charge is 0.412 e. The van der Waals surface area contributed by atoms with Crippen molar-refractivity contribution in [1.82, 2.24) is 4.90 Å². The molecule has 1 N–H and O–H groups in total. The van der Waals surface area contributed by atoms with E-state index >= 15 is 0 Å². The van der Waals surface area contributed by atoms with Crippen LogP contribution in [0.1, 0.15) is 40.5 Å². The number of hydrogen-bond acceptors (Lipinski definition) is 4. The van der Waals surface area contributed by atoms with Gasteiger partial charge in [0.05, 0.1) is 12.6 Å². The maximum absolute atomic E-state index is 12.0. The van der Waals surface area contributed by atoms with E-state index < -0.39 is 17.4 Å². The SMILES string of the molecule is CC(C)(C)OC(=O)N1C(COI)CCC1(C)O. The van der Waals surface area contributed by atoms with Gasteiger partial charge in [0.2, 0.25) is 0 Å². The average Bonchev–Trinajstić information content (AvgIpc) is 2.39. The fraction of sp³-hybridized carbons (Fsp3) is 0.909. The predicted molar refractivity (Wildman–Crippen MR) is 71.7 cm³/mol. The molecule has 2 unspecified atom stereocenters. The normalized spacial score (nSPS) is 29.5. The summed E-state index contributed by atoms with van der Waals surface area (Å²) < 4.78 is 10.3. The molecule has 5 nitrogen and oxygen atoms in total. The van der Waals surface area contributed by atoms with E-state index in [0.717, 1.165) is 6.42 Å². The second kappa shape index (κ2) is 5.27. The van der Waals surface area contributed by atoms with Crippen LogP contribution in [0.25, 0.3) is 0 Å². The van der Waals surface area contributed by atoms with Crippen LogP contribution in [0.2, 0.25) is 0 Å². The number of ether oxygens (including phenoxy) is 1. The fourth-order valence-corrected chi connectivity index (χ4v) is 2.39. The van der Waals surface area contributed by atoms with Crippen LogP contribution < -0.4 is 0 Å². The zero-order valence-corrected chi connectivity index (χ0v) is 12.9. The Hall–Kier alpha value is -0.0800. The van der Waals surface area contributed by atoms with Crippen molar-refractivity contribution < 1.29 is 17.7 Å². The summed E-state index contributed by atoms with van der Waals surface area (Å²) in [6, 6.07) is -0.128. The second-order valence-electron chi connectivity index (χ2n) is 5.54. The highest BCUT2D eigenvalue weighted by Crippen LogP contribution is 2.33. The summed E-state index contributed by atoms with van der Waals surface area (Å²) in [4.78, 5) is 13.4. The zero-order valence-electron chi connectivity index (χ0n) is 10.7. The molecule has 1 aliphatic heterocycles. The molecule has 100 valence electrons. The molecule has 1 rings (SSSR count). The maximum atomic E-state index is 12.0. The van der Waals surface area contributed by atoms with E-state index in [1.807, 2.05) is 0 Å². The third-order valence-electron chi connectivity index (χ3n) is 2.68. The number of hydrogen-bond donors (Lipinski definition) is 1. The molecule has 6 heteroatoms. The van der Waals surface area contributed by atoms with Crippen LogP contribution in [0.15, 0.2) is 0 Å². The van der Waals surface area contributed by atoms with Gasteiger partial charge >= 0.3 is 6.09 Å². The number of halogens is 1. The zero-order chi connectivity index (χ0) is 13.3. The van der Waals surface area contributed by atoms with E-state index in [-0.39, 0.29) is 6.04 Å². The Morgan fingerprint density at radius 1 is 1.59 bits per heavy atom. The maximum Gasteiger partial charge on any atom is 0.412 e. The van der Waals surface area contributed by atoms with E-state index in [4.69, 9.17) is 7.80 Å². The van der Waals surface area contributed by atoms with Gasteiger partial charge in [0, 0.05) is 0 Å². The number of amides is 1. The molecule has 1 amide bonds. The number of rotatable bonds is 2. The van der Waals surface area contributed by atoms with E-state index in [2.05, 4.69) is 0 Å². The number of likely N-dealkylation sites (tertiary alicyclic amines) is 1. The van der Waals surface area contributed by atoms with Crippen molar-refractivity contribution in [3.8, 4) is 0 Å². The first kappa shape index (κ1) is 15.0. The molecule has 0 aromatic heterocycles. The summed E-state index contributed by atoms with van der Waals surface area (Å²) in [5.41, 5.74) is -1.71. The molecule has 0 spiro atoms. The van der Waals surface area contributed by atoms with Crippen LogP contribution in [-0.4, -0.2) is 40.1 Å². The molecule has 0 saturated carbocycles. The van der Waals surface area contributed by atoms with Gasteiger partial charge in [-0.2, -0.15) is 0 Å². The summed E-state index contributed by atoms with van der Waals surface area (Å²) in [5, 5.41) is 10.2. The monoisotopic (exact) mass is 357 g/mol. The molecule has 1 heterocycles. The average molecular weight is 357 g/mol. The third kappa shape index (κ3) is 3.96. The van der Waals surface area contributed by atoms with Crippen molar-refractivity contribution in [2.24, 2.45) is 0 Å². The quantitative estimate of drug-likeness (QED) is 0.772. The Morgan fingerprint density at radius 2 is 2.18 bits per heavy atom. The largest absolute Gasteiger partial charge is 0.444 e. The van der Waals surface area contributed by atoms with Crippen LogP contribution in [-0.2, 0) is 7.80 Å². The summed E-state index contributed by atoms with van der Waals surface area (Å²) in [6.45, 7) is 7.44. The minimum atomic E-state index is -1.15. The molecule has 1 saturated heterocycles. The Morgan fingerprint density at radius 3 is 2.65 bits per heavy atom. The van der Waals surface area contributed by atoms with Gasteiger partial charge in [-0.1, -0.05) is 0 Å². The number of carbonyl (C=O) groups is 1. The minimum Gasteiger partial charge on any atom is -0.444 e. The van der Waals surface area contributed by atoms with Gasteiger partial charge in [-0.15, -0.1) is 0 Å². The van der Waals surface area contributed by atoms with Gasteiger partial charge in [0.15, 0.2) is 0 Å². The van der Waals surface area contributed by atoms with E-state index in [1.165, 1.54) is 4.90 Å². The summed E-state index contributed by atoms with van der Waals surface area (Å²) >= 11 is 1.79. The summed E-state index contributed by atoms with van der Waals surface area (Å²) in [7, 11) is 0. The molecule has 0 radical (unpaired) electrons. The van der Waals surface area contributed by atoms with Crippen molar-refractivity contribution >= 4 is 29.1 Å². The van der Waals surface area contributed by atoms with Gasteiger partial charge < -0.3 is 12.9 Å². The fourth-order valence-electron chi connectivity index (χ4n) is 1.97. The number of aliphatic hydroxyl groups is 1. The van der Waals surface area contributed by atoms with Crippen molar-refractivity contribution in [2.75, 3.05) is 6.61 Å². The molecule has 0 aliphatic carbocycles. The lowest BCUT2D eigenvalue weighted by atomic mass is 10.2. The number of nitrogens with zero attached hydrogens (tertiary/aromatic N) is 1. The molecule has 1 fully saturated rings. The minimum absolute atomic E-state index is 0.128. The van der Waals surface area contributed by atoms with Crippen molar-refractivity contribution in [3.63, 3.8) is 0 Å². The van der Waals surface area contributed by atoms with Crippen LogP contribution in [0, 0.1) is 0 Å². The second-order valence-corrected chi connectivity index (χ2v) is 6.16. The molecule has 1 aliphatic rings. The van der Waals surface area contributed by atoms with Gasteiger partial charge in [-0.05, 0) is 40.5 Å². The summed E-state index contributed by atoms with van der Waals surface area (Å²) in [6.07, 6.45) is 0.769. The van der Waals surface area contributed by atoms with E-state index in [0.29, 0.717) is 13.0 Å². The van der Waals surface area contributed by atoms with Crippen LogP contribution in [0.5, 0.6) is 0 Å². The van der Waals surface area contributed by atoms with Gasteiger partial charge in [-0.3, -0.25) is 4.90 Å². The van der Waals surface area contributed by atoms with E-state index in [9.17, 15) is 9.90 Å². The molecule has 0 bridgehead atoms. The molecule has 2 atom stereocenters. The highest BCUT2D eigenvalue weighted by molar-refractivity contribution is 14.1. The van der Waals surface area contributed by atoms with Gasteiger partial charge in [0.25, 0.3) is 0 Å². The molecular formula is C11H20INO4. The summed E-state index contributed by atoms with van der Waals surface area (Å²) in [5.74, 6) is 0. The predicted octanol–water partition coefficient (Wildman–Crippen LogP) is 2.46. The van der Waals surface area contributed by atoms with Crippen molar-refractivity contribution in [3.05, 3.63) is 0 Å². The Kier molecular flexibility index (Phi) is 4.65. The first-order valence-corrected chi connectivity index (χ1v) is 6.54. The van der Waals surface area contributed by atoms with Crippen LogP contribution in [0.3, 0.4) is 0 Å². The molecule has 0 aromatic carbocycles. The Balaban J connectivity index is 2.79. The lowest BCUT2D eigenvalue weighted by molar-refractivity contribution is -0.0851. The Bertz CT molecular complexity index is 288. The van der Waals surface area contributed by atoms with Gasteiger partial charge in [-0.25, -0.2) is 4.79 Å². The van der Waals surface area contributed by atoms with Crippen molar-refractivity contribution in [2.45, 2.75) is 57.9 Å². The van der Waals surface area contributed by atoms with Crippen LogP contribution >= 0.6 is 23.0 Å². The van der Waals surface area contributed by atoms with Gasteiger partial charge in [0.1, 0.15) is 34.3 Å². The third-order valence-corrected chi connectivity index (χ3v) is 3.04. The molecule has 0 aromatic rings. The van der Waals surface area contributed by atoms with Crippen LogP contribution in [0.4, 0.5) is 4.79 Å². The standard InChI is InChI=1S/C11H20INO4/c1-10(2,3)17-9(14)13-8(7-16-12)5-6-11(13,4)15/h8,15H,5-7H2,1-4H3. The highest BCUT2D eigenvalue weighted by Gasteiger charge is 2.46. The Labute approximate surface area is 116 Å². The van der Waals surface area contributed by atoms with Crippen molar-refractivity contribution in [1.29, 1.82) is 0 Å². The number of carbonyl (C=O) groups excluding carboxylic acids is 1. The first-order chi connectivity index (χ1) is 7.67. The highest BCUT2D eigenvalue weighted by atomic mass is 127. The lowest BCUT2D eigenvalue weighted by Crippen LogP contribution is -2.51. The topological polar surface area (TPSA) is 59.0 Å². The molecule has 17 heavy (non-hydrogen) atoms.